The van der Waals surface area contributed by atoms with Gasteiger partial charge in [0, 0.05) is 0 Å². The molecule has 1 aromatic carbocycles. The third-order valence-corrected chi connectivity index (χ3v) is 2.23. The molecule has 6 heteroatoms. The van der Waals surface area contributed by atoms with Crippen molar-refractivity contribution in [3.8, 4) is 5.75 Å². The highest BCUT2D eigenvalue weighted by Crippen LogP contribution is 2.27. The Labute approximate surface area is 117 Å². The van der Waals surface area contributed by atoms with Gasteiger partial charge in [0.15, 0.2) is 0 Å². The van der Waals surface area contributed by atoms with E-state index >= 15 is 0 Å². The lowest BCUT2D eigenvalue weighted by Crippen LogP contribution is -2.07. The fourth-order valence-corrected chi connectivity index (χ4v) is 1.38. The van der Waals surface area contributed by atoms with Crippen molar-refractivity contribution < 1.29 is 19.4 Å². The first kappa shape index (κ1) is 15.7. The molecule has 6 nitrogen and oxygen atoms in total. The van der Waals surface area contributed by atoms with E-state index in [4.69, 9.17) is 9.47 Å². The summed E-state index contributed by atoms with van der Waals surface area (Å²) in [7, 11) is 0. The summed E-state index contributed by atoms with van der Waals surface area (Å²) < 4.78 is 10.2. The third kappa shape index (κ3) is 4.38. The van der Waals surface area contributed by atoms with Crippen LogP contribution in [0.25, 0.3) is 0 Å². The molecule has 1 rings (SSSR count). The number of carbonyl (C=O) groups is 1. The Morgan fingerprint density at radius 2 is 1.95 bits per heavy atom. The van der Waals surface area contributed by atoms with E-state index in [1.165, 1.54) is 6.92 Å². The second-order valence-electron chi connectivity index (χ2n) is 3.76. The fraction of sp³-hybridized carbons (Fsp3) is 0.357. The first-order valence-electron chi connectivity index (χ1n) is 6.30. The van der Waals surface area contributed by atoms with E-state index in [1.54, 1.807) is 25.1 Å². The number of nitrogens with zero attached hydrogens (tertiary/aromatic N) is 2. The van der Waals surface area contributed by atoms with Gasteiger partial charge in [-0.3, -0.25) is 0 Å². The van der Waals surface area contributed by atoms with Gasteiger partial charge in [0.25, 0.3) is 0 Å². The van der Waals surface area contributed by atoms with E-state index in [0.717, 1.165) is 0 Å². The monoisotopic (exact) mass is 278 g/mol. The van der Waals surface area contributed by atoms with Crippen LogP contribution in [0.5, 0.6) is 5.75 Å². The van der Waals surface area contributed by atoms with E-state index in [0.29, 0.717) is 18.0 Å². The highest BCUT2D eigenvalue weighted by Gasteiger charge is 2.14. The first-order valence-corrected chi connectivity index (χ1v) is 6.30. The smallest absolute Gasteiger partial charge is 0.362 e. The van der Waals surface area contributed by atoms with Gasteiger partial charge in [0.1, 0.15) is 17.2 Å². The molecule has 0 radical (unpaired) electrons. The van der Waals surface area contributed by atoms with Crippen LogP contribution in [0.2, 0.25) is 0 Å². The summed E-state index contributed by atoms with van der Waals surface area (Å²) in [6, 6.07) is 7.03. The number of rotatable bonds is 6. The van der Waals surface area contributed by atoms with Crippen LogP contribution in [0.1, 0.15) is 20.8 Å². The predicted octanol–water partition coefficient (Wildman–Crippen LogP) is 3.52. The molecule has 0 aliphatic heterocycles. The van der Waals surface area contributed by atoms with Gasteiger partial charge in [-0.25, -0.2) is 4.79 Å². The lowest BCUT2D eigenvalue weighted by atomic mass is 10.3. The van der Waals surface area contributed by atoms with Crippen molar-refractivity contribution in [3.63, 3.8) is 0 Å². The van der Waals surface area contributed by atoms with Crippen molar-refractivity contribution in [2.75, 3.05) is 13.2 Å². The summed E-state index contributed by atoms with van der Waals surface area (Å²) in [5.74, 6) is -0.413. The number of benzene rings is 1. The summed E-state index contributed by atoms with van der Waals surface area (Å²) >= 11 is 0. The summed E-state index contributed by atoms with van der Waals surface area (Å²) in [5.41, 5.74) is 0.246. The number of carbonyl (C=O) groups excluding carboxylic acids is 1. The number of hydrogen-bond donors (Lipinski definition) is 1. The number of allylic oxidation sites excluding steroid dienone is 1. The molecule has 0 atom stereocenters. The zero-order valence-corrected chi connectivity index (χ0v) is 11.8. The highest BCUT2D eigenvalue weighted by atomic mass is 16.5. The highest BCUT2D eigenvalue weighted by molar-refractivity contribution is 5.88. The van der Waals surface area contributed by atoms with Crippen LogP contribution < -0.4 is 4.74 Å². The largest absolute Gasteiger partial charge is 0.510 e. The molecule has 0 heterocycles. The minimum absolute atomic E-state index is 0.195. The van der Waals surface area contributed by atoms with Gasteiger partial charge in [0.05, 0.1) is 13.2 Å². The lowest BCUT2D eigenvalue weighted by molar-refractivity contribution is -0.138. The molecule has 0 aliphatic carbocycles. The zero-order chi connectivity index (χ0) is 15.0. The van der Waals surface area contributed by atoms with Gasteiger partial charge in [-0.2, -0.15) is 0 Å². The molecular weight excluding hydrogens is 260 g/mol. The van der Waals surface area contributed by atoms with Gasteiger partial charge < -0.3 is 14.6 Å². The molecule has 0 spiro atoms. The molecule has 1 aromatic rings. The maximum atomic E-state index is 11.6. The molecule has 0 aliphatic rings. The lowest BCUT2D eigenvalue weighted by Gasteiger charge is -2.05. The van der Waals surface area contributed by atoms with Crippen LogP contribution in [-0.2, 0) is 9.53 Å². The van der Waals surface area contributed by atoms with Gasteiger partial charge in [-0.15, -0.1) is 10.2 Å². The predicted molar refractivity (Wildman–Crippen MR) is 74.1 cm³/mol. The SMILES string of the molecule is CCOC(=O)/C(N=Nc1ccccc1OCC)=C(\C)O. The summed E-state index contributed by atoms with van der Waals surface area (Å²) in [6.07, 6.45) is 0. The Hall–Kier alpha value is -2.37. The normalized spacial score (nSPS) is 12.2. The van der Waals surface area contributed by atoms with Crippen LogP contribution in [0.3, 0.4) is 0 Å². The molecule has 0 saturated carbocycles. The summed E-state index contributed by atoms with van der Waals surface area (Å²) in [5, 5.41) is 17.1. The number of ether oxygens (including phenoxy) is 2. The Morgan fingerprint density at radius 1 is 1.25 bits per heavy atom. The van der Waals surface area contributed by atoms with Gasteiger partial charge >= 0.3 is 5.97 Å². The zero-order valence-electron chi connectivity index (χ0n) is 11.8. The average Bonchev–Trinajstić information content (AvgIpc) is 2.41. The summed E-state index contributed by atoms with van der Waals surface area (Å²) in [6.45, 7) is 5.56. The number of esters is 1. The third-order valence-electron chi connectivity index (χ3n) is 2.23. The van der Waals surface area contributed by atoms with Gasteiger partial charge in [0.2, 0.25) is 5.70 Å². The van der Waals surface area contributed by atoms with Crippen LogP contribution in [0.4, 0.5) is 5.69 Å². The van der Waals surface area contributed by atoms with Crippen molar-refractivity contribution in [3.05, 3.63) is 35.7 Å². The molecule has 0 fully saturated rings. The second kappa shape index (κ2) is 7.93. The van der Waals surface area contributed by atoms with Gasteiger partial charge in [-0.05, 0) is 32.9 Å². The minimum atomic E-state index is -0.717. The molecule has 1 N–H and O–H groups in total. The first-order chi connectivity index (χ1) is 9.60. The van der Waals surface area contributed by atoms with Crippen molar-refractivity contribution >= 4 is 11.7 Å². The number of para-hydroxylation sites is 1. The topological polar surface area (TPSA) is 80.5 Å². The Balaban J connectivity index is 3.00. The standard InChI is InChI=1S/C14H18N2O4/c1-4-19-12-9-7-6-8-11(12)15-16-13(10(3)17)14(18)20-5-2/h6-9,17H,4-5H2,1-3H3/b13-10-,16-15?. The average molecular weight is 278 g/mol. The molecule has 0 amide bonds. The second-order valence-corrected chi connectivity index (χ2v) is 3.76. The van der Waals surface area contributed by atoms with Crippen LogP contribution >= 0.6 is 0 Å². The molecule has 108 valence electrons. The molecule has 0 saturated heterocycles. The van der Waals surface area contributed by atoms with E-state index in [-0.39, 0.29) is 18.1 Å². The molecule has 0 aromatic heterocycles. The molecule has 0 unspecified atom stereocenters. The number of azo groups is 1. The van der Waals surface area contributed by atoms with Crippen molar-refractivity contribution in [1.82, 2.24) is 0 Å². The maximum Gasteiger partial charge on any atom is 0.362 e. The van der Waals surface area contributed by atoms with Crippen molar-refractivity contribution in [2.24, 2.45) is 10.2 Å². The van der Waals surface area contributed by atoms with Crippen LogP contribution in [-0.4, -0.2) is 24.3 Å². The minimum Gasteiger partial charge on any atom is -0.510 e. The van der Waals surface area contributed by atoms with E-state index in [2.05, 4.69) is 10.2 Å². The quantitative estimate of drug-likeness (QED) is 0.373. The van der Waals surface area contributed by atoms with E-state index < -0.39 is 5.97 Å². The molecule has 0 bridgehead atoms. The molecule has 20 heavy (non-hydrogen) atoms. The number of aliphatic hydroxyl groups is 1. The number of hydrogen-bond acceptors (Lipinski definition) is 6. The van der Waals surface area contributed by atoms with Gasteiger partial charge in [-0.1, -0.05) is 12.1 Å². The van der Waals surface area contributed by atoms with E-state index in [9.17, 15) is 9.90 Å². The van der Waals surface area contributed by atoms with Crippen molar-refractivity contribution in [2.45, 2.75) is 20.8 Å². The summed E-state index contributed by atoms with van der Waals surface area (Å²) in [4.78, 5) is 11.6. The molecular formula is C14H18N2O4. The van der Waals surface area contributed by atoms with Crippen molar-refractivity contribution in [1.29, 1.82) is 0 Å². The number of aliphatic hydroxyl groups excluding tert-OH is 1. The Bertz CT molecular complexity index is 520. The Morgan fingerprint density at radius 3 is 2.55 bits per heavy atom. The fourth-order valence-electron chi connectivity index (χ4n) is 1.38. The maximum absolute atomic E-state index is 11.6. The Kier molecular flexibility index (Phi) is 6.22. The van der Waals surface area contributed by atoms with E-state index in [1.807, 2.05) is 13.0 Å². The van der Waals surface area contributed by atoms with Crippen LogP contribution in [0.15, 0.2) is 46.0 Å². The van der Waals surface area contributed by atoms with Crippen LogP contribution in [0, 0.1) is 0 Å².